The van der Waals surface area contributed by atoms with E-state index in [2.05, 4.69) is 4.90 Å². The van der Waals surface area contributed by atoms with Crippen molar-refractivity contribution >= 4 is 22.8 Å². The van der Waals surface area contributed by atoms with Crippen LogP contribution in [0.3, 0.4) is 0 Å². The normalized spacial score (nSPS) is 11.4. The number of hydrogen-bond acceptors (Lipinski definition) is 4. The number of fused-ring (bicyclic) bond motifs is 1. The molecule has 0 bridgehead atoms. The Balaban J connectivity index is 1.75. The monoisotopic (exact) mass is 535 g/mol. The Bertz CT molecular complexity index is 1420. The highest BCUT2D eigenvalue weighted by Gasteiger charge is 2.31. The second-order valence-electron chi connectivity index (χ2n) is 9.42. The lowest BCUT2D eigenvalue weighted by Crippen LogP contribution is -2.32. The van der Waals surface area contributed by atoms with Crippen LogP contribution in [0.15, 0.2) is 78.9 Å². The minimum Gasteiger partial charge on any atom is -0.450 e. The van der Waals surface area contributed by atoms with Crippen LogP contribution in [0.4, 0.5) is 23.8 Å². The standard InChI is InChI=1S/C31H32F3N3O2/c1-4-36(19-23-11-7-6-8-12-23)29-26(18-25-13-9-10-14-28(25)35-29)21-37(30(38)39-5-2)20-24-15-22(3)16-27(17-24)31(32,33)34/h6-18H,4-5,19-21H2,1-3H3. The van der Waals surface area contributed by atoms with E-state index in [0.717, 1.165) is 40.0 Å². The molecular formula is C31H32F3N3O2. The Hall–Kier alpha value is -4.07. The molecule has 0 aliphatic heterocycles. The number of anilines is 1. The molecule has 4 rings (SSSR count). The summed E-state index contributed by atoms with van der Waals surface area (Å²) in [7, 11) is 0. The van der Waals surface area contributed by atoms with Crippen LogP contribution < -0.4 is 4.90 Å². The maximum absolute atomic E-state index is 13.5. The number of nitrogens with zero attached hydrogens (tertiary/aromatic N) is 3. The second-order valence-corrected chi connectivity index (χ2v) is 9.42. The molecule has 3 aromatic carbocycles. The number of aryl methyl sites for hydroxylation is 1. The molecule has 5 nitrogen and oxygen atoms in total. The van der Waals surface area contributed by atoms with E-state index in [1.54, 1.807) is 19.9 Å². The highest BCUT2D eigenvalue weighted by molar-refractivity contribution is 5.82. The predicted octanol–water partition coefficient (Wildman–Crippen LogP) is 7.75. The molecule has 0 N–H and O–H groups in total. The number of rotatable bonds is 9. The molecule has 0 spiro atoms. The first kappa shape index (κ1) is 28.0. The van der Waals surface area contributed by atoms with E-state index >= 15 is 0 Å². The summed E-state index contributed by atoms with van der Waals surface area (Å²) in [6.45, 7) is 6.86. The number of halogens is 3. The average Bonchev–Trinajstić information content (AvgIpc) is 2.91. The molecule has 0 radical (unpaired) electrons. The fourth-order valence-corrected chi connectivity index (χ4v) is 4.62. The third kappa shape index (κ3) is 7.07. The molecule has 204 valence electrons. The van der Waals surface area contributed by atoms with Crippen molar-refractivity contribution in [3.8, 4) is 0 Å². The number of carbonyl (C=O) groups excluding carboxylic acids is 1. The van der Waals surface area contributed by atoms with Gasteiger partial charge in [0, 0.05) is 30.6 Å². The van der Waals surface area contributed by atoms with Gasteiger partial charge in [0.1, 0.15) is 5.82 Å². The summed E-state index contributed by atoms with van der Waals surface area (Å²) in [6, 6.07) is 23.6. The van der Waals surface area contributed by atoms with Gasteiger partial charge in [-0.2, -0.15) is 13.2 Å². The minimum atomic E-state index is -4.48. The smallest absolute Gasteiger partial charge is 0.416 e. The molecule has 0 unspecified atom stereocenters. The zero-order valence-electron chi connectivity index (χ0n) is 22.3. The van der Waals surface area contributed by atoms with E-state index in [4.69, 9.17) is 9.72 Å². The van der Waals surface area contributed by atoms with E-state index in [1.807, 2.05) is 67.6 Å². The van der Waals surface area contributed by atoms with Crippen LogP contribution in [0.5, 0.6) is 0 Å². The minimum absolute atomic E-state index is 0.0410. The van der Waals surface area contributed by atoms with Crippen molar-refractivity contribution in [1.29, 1.82) is 0 Å². The summed E-state index contributed by atoms with van der Waals surface area (Å²) in [5, 5.41) is 0.908. The molecule has 1 aromatic heterocycles. The summed E-state index contributed by atoms with van der Waals surface area (Å²) >= 11 is 0. The Morgan fingerprint density at radius 1 is 0.872 bits per heavy atom. The number of ether oxygens (including phenoxy) is 1. The highest BCUT2D eigenvalue weighted by Crippen LogP contribution is 2.32. The number of aromatic nitrogens is 1. The van der Waals surface area contributed by atoms with Gasteiger partial charge < -0.3 is 9.64 Å². The van der Waals surface area contributed by atoms with Gasteiger partial charge in [0.2, 0.25) is 0 Å². The molecule has 1 heterocycles. The van der Waals surface area contributed by atoms with E-state index < -0.39 is 17.8 Å². The number of para-hydroxylation sites is 1. The van der Waals surface area contributed by atoms with Crippen LogP contribution in [0, 0.1) is 6.92 Å². The summed E-state index contributed by atoms with van der Waals surface area (Å²) in [5.41, 5.74) is 2.82. The lowest BCUT2D eigenvalue weighted by Gasteiger charge is -2.28. The van der Waals surface area contributed by atoms with Crippen LogP contribution in [0.1, 0.15) is 41.7 Å². The molecule has 4 aromatic rings. The van der Waals surface area contributed by atoms with Gasteiger partial charge in [0.25, 0.3) is 0 Å². The Morgan fingerprint density at radius 3 is 2.28 bits per heavy atom. The maximum Gasteiger partial charge on any atom is 0.416 e. The Kier molecular flexibility index (Phi) is 8.74. The Morgan fingerprint density at radius 2 is 1.59 bits per heavy atom. The zero-order chi connectivity index (χ0) is 28.0. The number of carbonyl (C=O) groups is 1. The lowest BCUT2D eigenvalue weighted by atomic mass is 10.1. The van der Waals surface area contributed by atoms with Crippen LogP contribution in [-0.4, -0.2) is 29.1 Å². The third-order valence-electron chi connectivity index (χ3n) is 6.40. The molecule has 0 saturated carbocycles. The fraction of sp³-hybridized carbons (Fsp3) is 0.290. The summed E-state index contributed by atoms with van der Waals surface area (Å²) in [5.74, 6) is 0.717. The van der Waals surface area contributed by atoms with Gasteiger partial charge in [-0.05, 0) is 56.2 Å². The summed E-state index contributed by atoms with van der Waals surface area (Å²) in [4.78, 5) is 21.6. The predicted molar refractivity (Wildman–Crippen MR) is 147 cm³/mol. The van der Waals surface area contributed by atoms with E-state index in [-0.39, 0.29) is 19.7 Å². The quantitative estimate of drug-likeness (QED) is 0.220. The SMILES string of the molecule is CCOC(=O)N(Cc1cc(C)cc(C(F)(F)F)c1)Cc1cc2ccccc2nc1N(CC)Cc1ccccc1. The number of amides is 1. The Labute approximate surface area is 226 Å². The molecule has 39 heavy (non-hydrogen) atoms. The number of pyridine rings is 1. The van der Waals surface area contributed by atoms with Gasteiger partial charge in [0.05, 0.1) is 24.2 Å². The first-order valence-corrected chi connectivity index (χ1v) is 12.9. The third-order valence-corrected chi connectivity index (χ3v) is 6.40. The van der Waals surface area contributed by atoms with Gasteiger partial charge in [0.15, 0.2) is 0 Å². The zero-order valence-corrected chi connectivity index (χ0v) is 22.3. The molecule has 0 aliphatic carbocycles. The van der Waals surface area contributed by atoms with Gasteiger partial charge in [-0.3, -0.25) is 4.90 Å². The fourth-order valence-electron chi connectivity index (χ4n) is 4.62. The molecule has 0 aliphatic rings. The van der Waals surface area contributed by atoms with Crippen molar-refractivity contribution < 1.29 is 22.7 Å². The first-order valence-electron chi connectivity index (χ1n) is 12.9. The lowest BCUT2D eigenvalue weighted by molar-refractivity contribution is -0.137. The molecule has 1 amide bonds. The number of benzene rings is 3. The molecule has 0 fully saturated rings. The van der Waals surface area contributed by atoms with Gasteiger partial charge in [-0.15, -0.1) is 0 Å². The topological polar surface area (TPSA) is 45.7 Å². The van der Waals surface area contributed by atoms with Crippen molar-refractivity contribution in [3.63, 3.8) is 0 Å². The van der Waals surface area contributed by atoms with Crippen molar-refractivity contribution in [2.45, 2.75) is 46.6 Å². The van der Waals surface area contributed by atoms with Crippen molar-refractivity contribution in [2.75, 3.05) is 18.1 Å². The number of hydrogen-bond donors (Lipinski definition) is 0. The average molecular weight is 536 g/mol. The highest BCUT2D eigenvalue weighted by atomic mass is 19.4. The molecule has 0 atom stereocenters. The maximum atomic E-state index is 13.5. The number of alkyl halides is 3. The van der Waals surface area contributed by atoms with Gasteiger partial charge in [-0.25, -0.2) is 9.78 Å². The largest absolute Gasteiger partial charge is 0.450 e. The first-order chi connectivity index (χ1) is 18.7. The van der Waals surface area contributed by atoms with Gasteiger partial charge in [-0.1, -0.05) is 60.2 Å². The van der Waals surface area contributed by atoms with E-state index in [9.17, 15) is 18.0 Å². The molecule has 0 saturated heterocycles. The van der Waals surface area contributed by atoms with Crippen molar-refractivity contribution in [2.24, 2.45) is 0 Å². The van der Waals surface area contributed by atoms with Crippen LogP contribution >= 0.6 is 0 Å². The second kappa shape index (κ2) is 12.2. The summed E-state index contributed by atoms with van der Waals surface area (Å²) in [6.07, 6.45) is -5.08. The van der Waals surface area contributed by atoms with Crippen LogP contribution in [-0.2, 0) is 30.5 Å². The van der Waals surface area contributed by atoms with Crippen LogP contribution in [0.25, 0.3) is 10.9 Å². The molecular weight excluding hydrogens is 503 g/mol. The van der Waals surface area contributed by atoms with E-state index in [1.165, 1.54) is 4.90 Å². The van der Waals surface area contributed by atoms with Crippen LogP contribution in [0.2, 0.25) is 0 Å². The summed E-state index contributed by atoms with van der Waals surface area (Å²) < 4.78 is 45.8. The molecule has 8 heteroatoms. The van der Waals surface area contributed by atoms with Crippen molar-refractivity contribution in [1.82, 2.24) is 9.88 Å². The van der Waals surface area contributed by atoms with E-state index in [0.29, 0.717) is 24.2 Å². The van der Waals surface area contributed by atoms with Gasteiger partial charge >= 0.3 is 12.3 Å². The van der Waals surface area contributed by atoms with Crippen molar-refractivity contribution in [3.05, 3.63) is 107 Å².